The zero-order valence-corrected chi connectivity index (χ0v) is 14.4. The molecular weight excluding hydrogens is 309 g/mol. The summed E-state index contributed by atoms with van der Waals surface area (Å²) in [6, 6.07) is 0.899. The van der Waals surface area contributed by atoms with E-state index in [4.69, 9.17) is 5.73 Å². The SMILES string of the molecule is CCN(CCNC(=O)C1C2CCC(C2)C1N)C1CC1.Cl.Cl. The summed E-state index contributed by atoms with van der Waals surface area (Å²) in [6.07, 6.45) is 6.29. The van der Waals surface area contributed by atoms with Crippen LogP contribution in [0.15, 0.2) is 0 Å². The van der Waals surface area contributed by atoms with Gasteiger partial charge in [-0.05, 0) is 50.5 Å². The minimum Gasteiger partial charge on any atom is -0.355 e. The van der Waals surface area contributed by atoms with E-state index in [0.29, 0.717) is 11.8 Å². The van der Waals surface area contributed by atoms with Crippen molar-refractivity contribution in [3.63, 3.8) is 0 Å². The molecule has 0 aromatic carbocycles. The van der Waals surface area contributed by atoms with E-state index in [2.05, 4.69) is 17.1 Å². The molecule has 4 nitrogen and oxygen atoms in total. The molecule has 3 aliphatic carbocycles. The summed E-state index contributed by atoms with van der Waals surface area (Å²) in [7, 11) is 0. The number of carbonyl (C=O) groups excluding carboxylic acids is 1. The number of nitrogens with one attached hydrogen (secondary N) is 1. The first-order valence-corrected chi connectivity index (χ1v) is 7.98. The van der Waals surface area contributed by atoms with Crippen molar-refractivity contribution in [2.24, 2.45) is 23.5 Å². The lowest BCUT2D eigenvalue weighted by atomic mass is 9.84. The monoisotopic (exact) mass is 337 g/mol. The van der Waals surface area contributed by atoms with Crippen LogP contribution < -0.4 is 11.1 Å². The molecule has 21 heavy (non-hydrogen) atoms. The van der Waals surface area contributed by atoms with E-state index in [0.717, 1.165) is 25.7 Å². The van der Waals surface area contributed by atoms with Gasteiger partial charge in [0.15, 0.2) is 0 Å². The molecule has 3 fully saturated rings. The van der Waals surface area contributed by atoms with Crippen molar-refractivity contribution in [2.75, 3.05) is 19.6 Å². The van der Waals surface area contributed by atoms with Gasteiger partial charge in [0.2, 0.25) is 5.91 Å². The number of likely N-dealkylation sites (N-methyl/N-ethyl adjacent to an activating group) is 1. The number of hydrogen-bond donors (Lipinski definition) is 2. The number of nitrogens with zero attached hydrogens (tertiary/aromatic N) is 1. The summed E-state index contributed by atoms with van der Waals surface area (Å²) in [6.45, 7) is 5.06. The molecule has 3 rings (SSSR count). The number of nitrogens with two attached hydrogens (primary N) is 1. The maximum atomic E-state index is 12.3. The fourth-order valence-electron chi connectivity index (χ4n) is 4.20. The van der Waals surface area contributed by atoms with Gasteiger partial charge >= 0.3 is 0 Å². The van der Waals surface area contributed by atoms with Crippen molar-refractivity contribution in [2.45, 2.75) is 51.1 Å². The van der Waals surface area contributed by atoms with Crippen LogP contribution in [0, 0.1) is 17.8 Å². The Morgan fingerprint density at radius 1 is 1.19 bits per heavy atom. The second-order valence-corrected chi connectivity index (χ2v) is 6.59. The third-order valence-electron chi connectivity index (χ3n) is 5.45. The number of rotatable bonds is 6. The van der Waals surface area contributed by atoms with Crippen LogP contribution in [0.1, 0.15) is 39.0 Å². The topological polar surface area (TPSA) is 58.4 Å². The predicted octanol–water partition coefficient (Wildman–Crippen LogP) is 1.80. The van der Waals surface area contributed by atoms with E-state index in [1.54, 1.807) is 0 Å². The Kier molecular flexibility index (Phi) is 7.25. The van der Waals surface area contributed by atoms with Crippen molar-refractivity contribution in [1.29, 1.82) is 0 Å². The van der Waals surface area contributed by atoms with Gasteiger partial charge in [0.25, 0.3) is 0 Å². The van der Waals surface area contributed by atoms with E-state index in [-0.39, 0.29) is 42.7 Å². The Labute approximate surface area is 140 Å². The van der Waals surface area contributed by atoms with Gasteiger partial charge in [0.1, 0.15) is 0 Å². The van der Waals surface area contributed by atoms with Gasteiger partial charge in [0.05, 0.1) is 5.92 Å². The van der Waals surface area contributed by atoms with E-state index in [1.165, 1.54) is 32.1 Å². The van der Waals surface area contributed by atoms with Gasteiger partial charge < -0.3 is 11.1 Å². The lowest BCUT2D eigenvalue weighted by molar-refractivity contribution is -0.127. The molecule has 6 heteroatoms. The first-order valence-electron chi connectivity index (χ1n) is 7.98. The number of fused-ring (bicyclic) bond motifs is 2. The first-order chi connectivity index (χ1) is 9.20. The highest BCUT2D eigenvalue weighted by Crippen LogP contribution is 2.47. The molecule has 0 aromatic rings. The van der Waals surface area contributed by atoms with Crippen LogP contribution in [0.25, 0.3) is 0 Å². The third kappa shape index (κ3) is 4.04. The van der Waals surface area contributed by atoms with Crippen molar-refractivity contribution in [3.05, 3.63) is 0 Å². The molecule has 124 valence electrons. The Balaban J connectivity index is 0.00000110. The van der Waals surface area contributed by atoms with Crippen LogP contribution in [0.2, 0.25) is 0 Å². The molecule has 2 bridgehead atoms. The highest BCUT2D eigenvalue weighted by atomic mass is 35.5. The quantitative estimate of drug-likeness (QED) is 0.777. The number of amides is 1. The molecule has 3 saturated carbocycles. The van der Waals surface area contributed by atoms with Crippen LogP contribution in [0.3, 0.4) is 0 Å². The Bertz CT molecular complexity index is 350. The lowest BCUT2D eigenvalue weighted by Gasteiger charge is -2.27. The molecular formula is C15H29Cl2N3O. The number of carbonyl (C=O) groups is 1. The van der Waals surface area contributed by atoms with Crippen molar-refractivity contribution < 1.29 is 4.79 Å². The molecule has 0 aromatic heterocycles. The van der Waals surface area contributed by atoms with Gasteiger partial charge in [-0.1, -0.05) is 6.92 Å². The maximum absolute atomic E-state index is 12.3. The molecule has 0 aliphatic heterocycles. The van der Waals surface area contributed by atoms with Crippen molar-refractivity contribution in [3.8, 4) is 0 Å². The lowest BCUT2D eigenvalue weighted by Crippen LogP contribution is -2.47. The van der Waals surface area contributed by atoms with Gasteiger partial charge in [0, 0.05) is 25.2 Å². The fourth-order valence-corrected chi connectivity index (χ4v) is 4.20. The van der Waals surface area contributed by atoms with Crippen molar-refractivity contribution >= 4 is 30.7 Å². The summed E-state index contributed by atoms with van der Waals surface area (Å²) in [5.74, 6) is 1.48. The molecule has 1 amide bonds. The minimum atomic E-state index is 0. The van der Waals surface area contributed by atoms with Gasteiger partial charge in [-0.15, -0.1) is 24.8 Å². The smallest absolute Gasteiger partial charge is 0.225 e. The van der Waals surface area contributed by atoms with Gasteiger partial charge in [-0.3, -0.25) is 9.69 Å². The predicted molar refractivity (Wildman–Crippen MR) is 90.1 cm³/mol. The normalized spacial score (nSPS) is 33.5. The molecule has 0 saturated heterocycles. The third-order valence-corrected chi connectivity index (χ3v) is 5.45. The van der Waals surface area contributed by atoms with E-state index >= 15 is 0 Å². The molecule has 0 radical (unpaired) electrons. The Morgan fingerprint density at radius 3 is 2.38 bits per heavy atom. The van der Waals surface area contributed by atoms with E-state index in [1.807, 2.05) is 0 Å². The summed E-state index contributed by atoms with van der Waals surface area (Å²) in [5.41, 5.74) is 6.21. The average Bonchev–Trinajstić information content (AvgIpc) is 3.05. The summed E-state index contributed by atoms with van der Waals surface area (Å²) in [5, 5.41) is 3.13. The summed E-state index contributed by atoms with van der Waals surface area (Å²) in [4.78, 5) is 14.8. The molecule has 0 spiro atoms. The van der Waals surface area contributed by atoms with Crippen LogP contribution >= 0.6 is 24.8 Å². The van der Waals surface area contributed by atoms with Crippen molar-refractivity contribution in [1.82, 2.24) is 10.2 Å². The highest BCUT2D eigenvalue weighted by molar-refractivity contribution is 5.85. The number of hydrogen-bond acceptors (Lipinski definition) is 3. The fraction of sp³-hybridized carbons (Fsp3) is 0.933. The van der Waals surface area contributed by atoms with E-state index in [9.17, 15) is 4.79 Å². The zero-order chi connectivity index (χ0) is 13.4. The van der Waals surface area contributed by atoms with Crippen LogP contribution in [0.5, 0.6) is 0 Å². The molecule has 3 N–H and O–H groups in total. The first kappa shape index (κ1) is 19.0. The second kappa shape index (κ2) is 8.00. The van der Waals surface area contributed by atoms with Crippen LogP contribution in [0.4, 0.5) is 0 Å². The van der Waals surface area contributed by atoms with Gasteiger partial charge in [-0.25, -0.2) is 0 Å². The molecule has 4 unspecified atom stereocenters. The zero-order valence-electron chi connectivity index (χ0n) is 12.8. The maximum Gasteiger partial charge on any atom is 0.225 e. The Hall–Kier alpha value is -0.0300. The largest absolute Gasteiger partial charge is 0.355 e. The van der Waals surface area contributed by atoms with Gasteiger partial charge in [-0.2, -0.15) is 0 Å². The summed E-state index contributed by atoms with van der Waals surface area (Å²) < 4.78 is 0. The van der Waals surface area contributed by atoms with Crippen LogP contribution in [-0.2, 0) is 4.79 Å². The molecule has 4 atom stereocenters. The highest BCUT2D eigenvalue weighted by Gasteiger charge is 2.48. The summed E-state index contributed by atoms with van der Waals surface area (Å²) >= 11 is 0. The number of halogens is 2. The average molecular weight is 338 g/mol. The standard InChI is InChI=1S/C15H27N3O.2ClH/c1-2-18(12-5-6-12)8-7-17-15(19)13-10-3-4-11(9-10)14(13)16;;/h10-14H,2-9,16H2,1H3,(H,17,19);2*1H. The molecule has 0 heterocycles. The van der Waals surface area contributed by atoms with E-state index < -0.39 is 0 Å². The molecule has 3 aliphatic rings. The minimum absolute atomic E-state index is 0. The Morgan fingerprint density at radius 2 is 1.86 bits per heavy atom. The second-order valence-electron chi connectivity index (χ2n) is 6.59. The van der Waals surface area contributed by atoms with Crippen LogP contribution in [-0.4, -0.2) is 42.5 Å².